The van der Waals surface area contributed by atoms with Crippen LogP contribution in [0.25, 0.3) is 0 Å². The number of nitriles is 1. The Bertz CT molecular complexity index is 636. The Morgan fingerprint density at radius 2 is 2.22 bits per heavy atom. The highest BCUT2D eigenvalue weighted by atomic mass is 79.9. The van der Waals surface area contributed by atoms with Crippen LogP contribution in [0, 0.1) is 11.3 Å². The van der Waals surface area contributed by atoms with Gasteiger partial charge in [0, 0.05) is 6.20 Å². The van der Waals surface area contributed by atoms with E-state index in [1.165, 1.54) is 6.20 Å². The molecule has 0 atom stereocenters. The molecule has 0 amide bonds. The molecule has 18 heavy (non-hydrogen) atoms. The molecule has 90 valence electrons. The zero-order chi connectivity index (χ0) is 13.1. The van der Waals surface area contributed by atoms with E-state index in [0.717, 1.165) is 10.2 Å². The van der Waals surface area contributed by atoms with Crippen molar-refractivity contribution in [3.05, 3.63) is 45.5 Å². The zero-order valence-corrected chi connectivity index (χ0v) is 11.5. The maximum Gasteiger partial charge on any atom is 0.153 e. The molecule has 0 spiro atoms. The van der Waals surface area contributed by atoms with E-state index in [4.69, 9.17) is 22.6 Å². The number of halogens is 2. The van der Waals surface area contributed by atoms with Gasteiger partial charge in [0.15, 0.2) is 5.82 Å². The van der Waals surface area contributed by atoms with Gasteiger partial charge >= 0.3 is 0 Å². The van der Waals surface area contributed by atoms with Crippen LogP contribution in [0.3, 0.4) is 0 Å². The molecule has 0 bridgehead atoms. The largest absolute Gasteiger partial charge is 0.396 e. The SMILES string of the molecule is N#Cc1cnc(Nc2cccc(Cl)c2Br)c(N)c1. The predicted octanol–water partition coefficient (Wildman–Crippen LogP) is 3.69. The van der Waals surface area contributed by atoms with Crippen LogP contribution in [0.4, 0.5) is 17.2 Å². The van der Waals surface area contributed by atoms with Crippen molar-refractivity contribution in [2.24, 2.45) is 0 Å². The zero-order valence-electron chi connectivity index (χ0n) is 9.11. The topological polar surface area (TPSA) is 74.7 Å². The van der Waals surface area contributed by atoms with Crippen LogP contribution in [0.15, 0.2) is 34.9 Å². The standard InChI is InChI=1S/C12H8BrClN4/c13-11-8(14)2-1-3-10(11)18-12-9(16)4-7(5-15)6-17-12/h1-4,6H,16H2,(H,17,18). The van der Waals surface area contributed by atoms with Gasteiger partial charge in [-0.2, -0.15) is 5.26 Å². The molecule has 4 nitrogen and oxygen atoms in total. The van der Waals surface area contributed by atoms with Gasteiger partial charge in [-0.25, -0.2) is 4.98 Å². The minimum absolute atomic E-state index is 0.404. The second-order valence-electron chi connectivity index (χ2n) is 3.50. The van der Waals surface area contributed by atoms with Crippen molar-refractivity contribution in [2.75, 3.05) is 11.1 Å². The molecule has 1 aromatic carbocycles. The Morgan fingerprint density at radius 3 is 2.89 bits per heavy atom. The molecular weight excluding hydrogens is 316 g/mol. The molecule has 0 aliphatic carbocycles. The van der Waals surface area contributed by atoms with E-state index in [-0.39, 0.29) is 0 Å². The van der Waals surface area contributed by atoms with Crippen LogP contribution in [-0.2, 0) is 0 Å². The number of hydrogen-bond donors (Lipinski definition) is 2. The first kappa shape index (κ1) is 12.7. The Hall–Kier alpha value is -1.77. The van der Waals surface area contributed by atoms with E-state index >= 15 is 0 Å². The minimum atomic E-state index is 0.404. The van der Waals surface area contributed by atoms with Crippen molar-refractivity contribution in [2.45, 2.75) is 0 Å². The summed E-state index contributed by atoms with van der Waals surface area (Å²) in [4.78, 5) is 4.09. The molecule has 3 N–H and O–H groups in total. The van der Waals surface area contributed by atoms with Crippen molar-refractivity contribution in [1.82, 2.24) is 4.98 Å². The lowest BCUT2D eigenvalue weighted by Gasteiger charge is -2.10. The van der Waals surface area contributed by atoms with E-state index in [1.54, 1.807) is 12.1 Å². The summed E-state index contributed by atoms with van der Waals surface area (Å²) in [5, 5.41) is 12.4. The Balaban J connectivity index is 2.35. The van der Waals surface area contributed by atoms with E-state index in [9.17, 15) is 0 Å². The van der Waals surface area contributed by atoms with Gasteiger partial charge in [-0.3, -0.25) is 0 Å². The molecule has 0 unspecified atom stereocenters. The fourth-order valence-corrected chi connectivity index (χ4v) is 1.91. The number of pyridine rings is 1. The first-order valence-corrected chi connectivity index (χ1v) is 6.15. The molecule has 1 aromatic heterocycles. The molecule has 2 rings (SSSR count). The summed E-state index contributed by atoms with van der Waals surface area (Å²) in [5.74, 6) is 0.483. The van der Waals surface area contributed by atoms with Gasteiger partial charge in [-0.1, -0.05) is 17.7 Å². The quantitative estimate of drug-likeness (QED) is 0.883. The Labute approximate surface area is 118 Å². The van der Waals surface area contributed by atoms with Crippen LogP contribution in [0.2, 0.25) is 5.02 Å². The first-order valence-electron chi connectivity index (χ1n) is 4.98. The van der Waals surface area contributed by atoms with Gasteiger partial charge in [-0.05, 0) is 34.1 Å². The molecule has 1 heterocycles. The number of nitrogen functional groups attached to an aromatic ring is 1. The molecule has 0 aliphatic heterocycles. The van der Waals surface area contributed by atoms with Crippen LogP contribution in [0.5, 0.6) is 0 Å². The second kappa shape index (κ2) is 5.25. The number of anilines is 3. The highest BCUT2D eigenvalue weighted by molar-refractivity contribution is 9.10. The fourth-order valence-electron chi connectivity index (χ4n) is 1.38. The van der Waals surface area contributed by atoms with Crippen LogP contribution in [-0.4, -0.2) is 4.98 Å². The Kier molecular flexibility index (Phi) is 3.70. The molecule has 0 aliphatic rings. The summed E-state index contributed by atoms with van der Waals surface area (Å²) in [6, 6.07) is 8.97. The van der Waals surface area contributed by atoms with Gasteiger partial charge in [0.1, 0.15) is 6.07 Å². The first-order chi connectivity index (χ1) is 8.61. The van der Waals surface area contributed by atoms with E-state index in [1.807, 2.05) is 18.2 Å². The number of aromatic nitrogens is 1. The van der Waals surface area contributed by atoms with Gasteiger partial charge in [0.2, 0.25) is 0 Å². The lowest BCUT2D eigenvalue weighted by Crippen LogP contribution is -2.00. The summed E-state index contributed by atoms with van der Waals surface area (Å²) < 4.78 is 0.734. The summed E-state index contributed by atoms with van der Waals surface area (Å²) >= 11 is 9.36. The van der Waals surface area contributed by atoms with Gasteiger partial charge in [0.05, 0.1) is 26.4 Å². The maximum absolute atomic E-state index is 8.73. The molecule has 0 fully saturated rings. The van der Waals surface area contributed by atoms with Crippen molar-refractivity contribution >= 4 is 44.7 Å². The maximum atomic E-state index is 8.73. The third-order valence-electron chi connectivity index (χ3n) is 2.25. The summed E-state index contributed by atoms with van der Waals surface area (Å²) in [7, 11) is 0. The number of benzene rings is 1. The van der Waals surface area contributed by atoms with Gasteiger partial charge < -0.3 is 11.1 Å². The van der Waals surface area contributed by atoms with Crippen LogP contribution in [0.1, 0.15) is 5.56 Å². The average Bonchev–Trinajstić information content (AvgIpc) is 2.37. The van der Waals surface area contributed by atoms with Crippen LogP contribution >= 0.6 is 27.5 Å². The summed E-state index contributed by atoms with van der Waals surface area (Å²) in [6.45, 7) is 0. The minimum Gasteiger partial charge on any atom is -0.396 e. The van der Waals surface area contributed by atoms with E-state index < -0.39 is 0 Å². The Morgan fingerprint density at radius 1 is 1.44 bits per heavy atom. The number of hydrogen-bond acceptors (Lipinski definition) is 4. The normalized spacial score (nSPS) is 9.83. The van der Waals surface area contributed by atoms with E-state index in [0.29, 0.717) is 22.1 Å². The fraction of sp³-hybridized carbons (Fsp3) is 0. The summed E-state index contributed by atoms with van der Waals surface area (Å²) in [6.07, 6.45) is 1.46. The smallest absolute Gasteiger partial charge is 0.153 e. The third kappa shape index (κ3) is 2.55. The molecule has 0 saturated carbocycles. The van der Waals surface area contributed by atoms with Crippen LogP contribution < -0.4 is 11.1 Å². The molecule has 0 radical (unpaired) electrons. The molecule has 6 heteroatoms. The number of rotatable bonds is 2. The van der Waals surface area contributed by atoms with Gasteiger partial charge in [0.25, 0.3) is 0 Å². The van der Waals surface area contributed by atoms with Crippen molar-refractivity contribution in [3.63, 3.8) is 0 Å². The predicted molar refractivity (Wildman–Crippen MR) is 75.8 cm³/mol. The lowest BCUT2D eigenvalue weighted by molar-refractivity contribution is 1.29. The van der Waals surface area contributed by atoms with Crippen molar-refractivity contribution in [1.29, 1.82) is 5.26 Å². The highest BCUT2D eigenvalue weighted by Gasteiger charge is 2.07. The molecule has 0 saturated heterocycles. The van der Waals surface area contributed by atoms with Crippen molar-refractivity contribution in [3.8, 4) is 6.07 Å². The number of nitrogens with zero attached hydrogens (tertiary/aromatic N) is 2. The summed E-state index contributed by atoms with van der Waals surface area (Å²) in [5.41, 5.74) is 7.39. The van der Waals surface area contributed by atoms with E-state index in [2.05, 4.69) is 26.2 Å². The van der Waals surface area contributed by atoms with Gasteiger partial charge in [-0.15, -0.1) is 0 Å². The number of nitrogens with one attached hydrogen (secondary N) is 1. The van der Waals surface area contributed by atoms with Crippen molar-refractivity contribution < 1.29 is 0 Å². The highest BCUT2D eigenvalue weighted by Crippen LogP contribution is 2.32. The number of nitrogens with two attached hydrogens (primary N) is 1. The molecular formula is C12H8BrClN4. The molecule has 2 aromatic rings. The monoisotopic (exact) mass is 322 g/mol. The lowest BCUT2D eigenvalue weighted by atomic mass is 10.2. The average molecular weight is 324 g/mol. The second-order valence-corrected chi connectivity index (χ2v) is 4.70. The third-order valence-corrected chi connectivity index (χ3v) is 3.65.